The second-order valence-corrected chi connectivity index (χ2v) is 8.12. The van der Waals surface area contributed by atoms with Crippen molar-refractivity contribution < 1.29 is 23.7 Å². The predicted molar refractivity (Wildman–Crippen MR) is 133 cm³/mol. The van der Waals surface area contributed by atoms with E-state index >= 15 is 0 Å². The third kappa shape index (κ3) is 3.96. The Morgan fingerprint density at radius 2 is 1.69 bits per heavy atom. The molecule has 1 aromatic heterocycles. The molecule has 0 spiro atoms. The lowest BCUT2D eigenvalue weighted by molar-refractivity contribution is 0.321. The summed E-state index contributed by atoms with van der Waals surface area (Å²) in [6, 6.07) is 14.8. The fraction of sp³-hybridized carbons (Fsp3) is 0.259. The zero-order valence-corrected chi connectivity index (χ0v) is 20.7. The molecule has 2 aromatic carbocycles. The maximum atomic E-state index is 14.0. The van der Waals surface area contributed by atoms with Crippen LogP contribution in [-0.2, 0) is 6.54 Å². The van der Waals surface area contributed by atoms with Gasteiger partial charge in [-0.3, -0.25) is 4.79 Å². The van der Waals surface area contributed by atoms with Crippen molar-refractivity contribution in [1.82, 2.24) is 4.57 Å². The molecule has 0 saturated heterocycles. The molecule has 1 unspecified atom stereocenters. The second-order valence-electron chi connectivity index (χ2n) is 8.12. The summed E-state index contributed by atoms with van der Waals surface area (Å²) in [5, 5.41) is 10.0. The molecular weight excluding hydrogens is 462 g/mol. The Balaban J connectivity index is 1.99. The van der Waals surface area contributed by atoms with E-state index in [1.807, 2.05) is 31.2 Å². The first kappa shape index (κ1) is 24.5. The summed E-state index contributed by atoms with van der Waals surface area (Å²) in [7, 11) is 6.07. The van der Waals surface area contributed by atoms with Crippen molar-refractivity contribution in [2.45, 2.75) is 19.4 Å². The number of pyridine rings is 1. The van der Waals surface area contributed by atoms with E-state index in [4.69, 9.17) is 29.4 Å². The lowest BCUT2D eigenvalue weighted by atomic mass is 9.83. The molecule has 9 nitrogen and oxygen atoms in total. The predicted octanol–water partition coefficient (Wildman–Crippen LogP) is 3.46. The van der Waals surface area contributed by atoms with Crippen LogP contribution in [0.1, 0.15) is 28.3 Å². The number of rotatable bonds is 7. The van der Waals surface area contributed by atoms with E-state index in [0.29, 0.717) is 34.3 Å². The molecule has 0 radical (unpaired) electrons. The summed E-state index contributed by atoms with van der Waals surface area (Å²) in [4.78, 5) is 14.0. The minimum absolute atomic E-state index is 0.0758. The summed E-state index contributed by atoms with van der Waals surface area (Å²) < 4.78 is 29.5. The van der Waals surface area contributed by atoms with E-state index in [2.05, 4.69) is 6.07 Å². The highest BCUT2D eigenvalue weighted by molar-refractivity contribution is 5.64. The van der Waals surface area contributed by atoms with Gasteiger partial charge in [0.25, 0.3) is 5.56 Å². The molecule has 4 rings (SSSR count). The first-order valence-electron chi connectivity index (χ1n) is 11.1. The first-order chi connectivity index (χ1) is 17.4. The third-order valence-corrected chi connectivity index (χ3v) is 6.26. The van der Waals surface area contributed by atoms with E-state index < -0.39 is 5.92 Å². The van der Waals surface area contributed by atoms with Crippen molar-refractivity contribution in [3.8, 4) is 34.8 Å². The molecule has 1 atom stereocenters. The average molecular weight is 490 g/mol. The third-order valence-electron chi connectivity index (χ3n) is 6.26. The van der Waals surface area contributed by atoms with E-state index in [0.717, 1.165) is 5.56 Å². The maximum Gasteiger partial charge on any atom is 0.259 e. The maximum absolute atomic E-state index is 14.0. The highest BCUT2D eigenvalue weighted by Gasteiger charge is 2.37. The number of nitriles is 1. The average Bonchev–Trinajstić information content (AvgIpc) is 2.89. The second kappa shape index (κ2) is 9.96. The number of nitrogens with two attached hydrogens (primary N) is 1. The largest absolute Gasteiger partial charge is 0.496 e. The van der Waals surface area contributed by atoms with Gasteiger partial charge in [0.05, 0.1) is 46.5 Å². The molecule has 0 aliphatic carbocycles. The number of hydrogen-bond acceptors (Lipinski definition) is 8. The number of nitrogens with zero attached hydrogens (tertiary/aromatic N) is 2. The van der Waals surface area contributed by atoms with Crippen LogP contribution >= 0.6 is 0 Å². The van der Waals surface area contributed by atoms with Crippen LogP contribution in [0.25, 0.3) is 0 Å². The summed E-state index contributed by atoms with van der Waals surface area (Å²) in [5.41, 5.74) is 8.22. The van der Waals surface area contributed by atoms with Gasteiger partial charge >= 0.3 is 0 Å². The first-order valence-corrected chi connectivity index (χ1v) is 11.1. The molecule has 0 amide bonds. The molecule has 2 N–H and O–H groups in total. The number of aryl methyl sites for hydroxylation is 1. The molecule has 0 fully saturated rings. The quantitative estimate of drug-likeness (QED) is 0.536. The molecule has 3 aromatic rings. The van der Waals surface area contributed by atoms with E-state index in [-0.39, 0.29) is 34.9 Å². The number of allylic oxidation sites excluding steroid dienone is 1. The van der Waals surface area contributed by atoms with Crippen molar-refractivity contribution in [2.75, 3.05) is 28.4 Å². The summed E-state index contributed by atoms with van der Waals surface area (Å²) in [6.45, 7) is 2.07. The Morgan fingerprint density at radius 3 is 2.33 bits per heavy atom. The van der Waals surface area contributed by atoms with Gasteiger partial charge in [-0.15, -0.1) is 0 Å². The van der Waals surface area contributed by atoms with Gasteiger partial charge in [-0.05, 0) is 19.1 Å². The Bertz CT molecular complexity index is 1450. The lowest BCUT2D eigenvalue weighted by Crippen LogP contribution is -2.33. The zero-order valence-electron chi connectivity index (χ0n) is 20.7. The van der Waals surface area contributed by atoms with E-state index in [1.165, 1.54) is 21.3 Å². The van der Waals surface area contributed by atoms with Crippen molar-refractivity contribution in [2.24, 2.45) is 5.73 Å². The lowest BCUT2D eigenvalue weighted by Gasteiger charge is -2.29. The van der Waals surface area contributed by atoms with Crippen LogP contribution in [0.4, 0.5) is 0 Å². The number of hydrogen-bond donors (Lipinski definition) is 1. The highest BCUT2D eigenvalue weighted by atomic mass is 16.5. The minimum atomic E-state index is -0.856. The molecule has 2 heterocycles. The van der Waals surface area contributed by atoms with Crippen LogP contribution in [0.15, 0.2) is 58.7 Å². The molecule has 9 heteroatoms. The van der Waals surface area contributed by atoms with Gasteiger partial charge in [-0.1, -0.05) is 24.3 Å². The van der Waals surface area contributed by atoms with Crippen LogP contribution in [0, 0.1) is 18.3 Å². The van der Waals surface area contributed by atoms with Gasteiger partial charge in [-0.2, -0.15) is 5.26 Å². The number of benzene rings is 2. The highest BCUT2D eigenvalue weighted by Crippen LogP contribution is 2.49. The molecule has 36 heavy (non-hydrogen) atoms. The van der Waals surface area contributed by atoms with Gasteiger partial charge in [-0.25, -0.2) is 0 Å². The monoisotopic (exact) mass is 489 g/mol. The molecule has 1 aliphatic rings. The topological polar surface area (TPSA) is 118 Å². The van der Waals surface area contributed by atoms with Crippen LogP contribution < -0.4 is 35.0 Å². The van der Waals surface area contributed by atoms with Gasteiger partial charge in [0, 0.05) is 22.9 Å². The minimum Gasteiger partial charge on any atom is -0.496 e. The Labute approximate surface area is 208 Å². The summed E-state index contributed by atoms with van der Waals surface area (Å²) in [6.07, 6.45) is 0. The van der Waals surface area contributed by atoms with Crippen molar-refractivity contribution >= 4 is 0 Å². The Kier molecular flexibility index (Phi) is 6.79. The number of ether oxygens (including phenoxy) is 5. The SMILES string of the molecule is COc1ccccc1Cn1c(C)cc2c(c1=O)C(c1ccc(OC)c(OC)c1OC)C(C#N)=C(N)O2. The van der Waals surface area contributed by atoms with Gasteiger partial charge in [0.2, 0.25) is 11.6 Å². The number of aromatic nitrogens is 1. The van der Waals surface area contributed by atoms with Crippen molar-refractivity contribution in [3.05, 3.63) is 86.7 Å². The molecular formula is C27H27N3O6. The number of fused-ring (bicyclic) bond motifs is 1. The molecule has 186 valence electrons. The van der Waals surface area contributed by atoms with Crippen LogP contribution in [0.5, 0.6) is 28.7 Å². The van der Waals surface area contributed by atoms with Crippen LogP contribution in [-0.4, -0.2) is 33.0 Å². The van der Waals surface area contributed by atoms with E-state index in [9.17, 15) is 10.1 Å². The number of methoxy groups -OCH3 is 4. The van der Waals surface area contributed by atoms with Gasteiger partial charge in [0.15, 0.2) is 11.5 Å². The summed E-state index contributed by atoms with van der Waals surface area (Å²) >= 11 is 0. The van der Waals surface area contributed by atoms with Gasteiger partial charge in [0.1, 0.15) is 23.1 Å². The molecule has 0 saturated carbocycles. The Morgan fingerprint density at radius 1 is 1.00 bits per heavy atom. The number of para-hydroxylation sites is 1. The smallest absolute Gasteiger partial charge is 0.259 e. The molecule has 1 aliphatic heterocycles. The standard InChI is InChI=1S/C27H27N3O6/c1-15-12-21-23(27(31)30(15)14-16-8-6-7-9-19(16)32-2)22(18(13-28)26(29)36-21)17-10-11-20(33-3)25(35-5)24(17)34-4/h6-12,22H,14,29H2,1-5H3. The fourth-order valence-corrected chi connectivity index (χ4v) is 4.55. The normalized spacial score (nSPS) is 14.4. The van der Waals surface area contributed by atoms with Crippen molar-refractivity contribution in [1.29, 1.82) is 5.26 Å². The Hall–Kier alpha value is -4.58. The zero-order chi connectivity index (χ0) is 26.0. The fourth-order valence-electron chi connectivity index (χ4n) is 4.55. The molecule has 0 bridgehead atoms. The van der Waals surface area contributed by atoms with Gasteiger partial charge < -0.3 is 34.0 Å². The summed E-state index contributed by atoms with van der Waals surface area (Å²) in [5.74, 6) is 1.12. The van der Waals surface area contributed by atoms with Crippen LogP contribution in [0.2, 0.25) is 0 Å². The van der Waals surface area contributed by atoms with E-state index in [1.54, 1.807) is 29.9 Å². The van der Waals surface area contributed by atoms with Crippen LogP contribution in [0.3, 0.4) is 0 Å². The van der Waals surface area contributed by atoms with Crippen molar-refractivity contribution in [3.63, 3.8) is 0 Å².